The number of anilines is 1. The molecule has 6 nitrogen and oxygen atoms in total. The predicted octanol–water partition coefficient (Wildman–Crippen LogP) is 6.87. The largest absolute Gasteiger partial charge is 0.462 e. The van der Waals surface area contributed by atoms with E-state index in [2.05, 4.69) is 5.32 Å². The molecule has 3 aromatic rings. The van der Waals surface area contributed by atoms with Crippen molar-refractivity contribution >= 4 is 90.2 Å². The van der Waals surface area contributed by atoms with Crippen LogP contribution in [0.15, 0.2) is 18.2 Å². The van der Waals surface area contributed by atoms with Crippen molar-refractivity contribution in [3.63, 3.8) is 0 Å². The van der Waals surface area contributed by atoms with Crippen molar-refractivity contribution in [2.75, 3.05) is 38.1 Å². The van der Waals surface area contributed by atoms with Crippen molar-refractivity contribution in [3.05, 3.63) is 49.1 Å². The Labute approximate surface area is 239 Å². The predicted molar refractivity (Wildman–Crippen MR) is 157 cm³/mol. The Morgan fingerprint density at radius 2 is 1.78 bits per heavy atom. The molecule has 2 aliphatic rings. The lowest BCUT2D eigenvalue weighted by molar-refractivity contribution is 0.0526. The minimum Gasteiger partial charge on any atom is -0.462 e. The highest BCUT2D eigenvalue weighted by atomic mass is 35.5. The summed E-state index contributed by atoms with van der Waals surface area (Å²) in [5, 5.41) is 6.61. The van der Waals surface area contributed by atoms with E-state index >= 15 is 0 Å². The summed E-state index contributed by atoms with van der Waals surface area (Å²) in [6.07, 6.45) is 5.25. The van der Waals surface area contributed by atoms with Gasteiger partial charge in [-0.3, -0.25) is 4.79 Å². The molecule has 0 saturated carbocycles. The lowest BCUT2D eigenvalue weighted by atomic mass is 10.1. The van der Waals surface area contributed by atoms with Gasteiger partial charge in [-0.2, -0.15) is 0 Å². The first-order valence-corrected chi connectivity index (χ1v) is 15.2. The Kier molecular flexibility index (Phi) is 8.26. The van der Waals surface area contributed by atoms with Crippen LogP contribution < -0.4 is 5.32 Å². The second-order valence-electron chi connectivity index (χ2n) is 9.08. The number of thiocarbonyl (C=S) groups is 1. The third-order valence-corrected chi connectivity index (χ3v) is 10.2. The van der Waals surface area contributed by atoms with Crippen molar-refractivity contribution in [2.24, 2.45) is 0 Å². The molecule has 11 heteroatoms. The zero-order valence-corrected chi connectivity index (χ0v) is 24.4. The van der Waals surface area contributed by atoms with E-state index in [0.29, 0.717) is 58.4 Å². The van der Waals surface area contributed by atoms with Gasteiger partial charge >= 0.3 is 5.97 Å². The monoisotopic (exact) mass is 595 g/mol. The topological polar surface area (TPSA) is 61.9 Å². The molecule has 1 fully saturated rings. The number of hydrogen-bond acceptors (Lipinski definition) is 6. The van der Waals surface area contributed by atoms with Crippen LogP contribution in [0.25, 0.3) is 10.1 Å². The molecule has 0 spiro atoms. The first kappa shape index (κ1) is 26.7. The molecule has 5 rings (SSSR count). The number of thiophene rings is 2. The number of carbonyl (C=O) groups is 2. The number of amides is 1. The van der Waals surface area contributed by atoms with Crippen molar-refractivity contribution in [2.45, 2.75) is 39.0 Å². The number of benzene rings is 1. The van der Waals surface area contributed by atoms with Gasteiger partial charge in [-0.25, -0.2) is 4.79 Å². The smallest absolute Gasteiger partial charge is 0.341 e. The van der Waals surface area contributed by atoms with Crippen LogP contribution in [0.1, 0.15) is 56.7 Å². The van der Waals surface area contributed by atoms with Gasteiger partial charge in [-0.15, -0.1) is 22.7 Å². The van der Waals surface area contributed by atoms with E-state index in [1.807, 2.05) is 28.9 Å². The molecule has 0 atom stereocenters. The van der Waals surface area contributed by atoms with Crippen LogP contribution in [0, 0.1) is 0 Å². The first-order valence-electron chi connectivity index (χ1n) is 12.4. The zero-order chi connectivity index (χ0) is 26.1. The van der Waals surface area contributed by atoms with Gasteiger partial charge in [0.15, 0.2) is 5.11 Å². The normalized spacial score (nSPS) is 15.9. The van der Waals surface area contributed by atoms with Crippen molar-refractivity contribution in [3.8, 4) is 0 Å². The van der Waals surface area contributed by atoms with Crippen LogP contribution in [0.2, 0.25) is 10.0 Å². The Hall–Kier alpha value is -1.91. The van der Waals surface area contributed by atoms with Gasteiger partial charge in [0.2, 0.25) is 0 Å². The molecule has 1 N–H and O–H groups in total. The average molecular weight is 597 g/mol. The fraction of sp³-hybridized carbons (Fsp3) is 0.423. The highest BCUT2D eigenvalue weighted by Gasteiger charge is 2.29. The Morgan fingerprint density at radius 3 is 2.54 bits per heavy atom. The number of carbonyl (C=O) groups excluding carboxylic acids is 2. The molecule has 0 unspecified atom stereocenters. The number of aryl methyl sites for hydroxylation is 1. The van der Waals surface area contributed by atoms with E-state index in [0.717, 1.165) is 46.3 Å². The summed E-state index contributed by atoms with van der Waals surface area (Å²) in [5.41, 5.74) is 1.75. The highest BCUT2D eigenvalue weighted by molar-refractivity contribution is 7.80. The number of rotatable bonds is 4. The molecular weight excluding hydrogens is 569 g/mol. The van der Waals surface area contributed by atoms with Gasteiger partial charge in [0.1, 0.15) is 9.88 Å². The summed E-state index contributed by atoms with van der Waals surface area (Å²) in [5.74, 6) is -0.364. The SMILES string of the molecule is CCOC(=O)c1c(NC(=S)N2CCN(C(=O)c3sc4cc(Cl)ccc4c3Cl)CC2)sc2c1CCCCC2. The van der Waals surface area contributed by atoms with Crippen molar-refractivity contribution in [1.82, 2.24) is 9.80 Å². The van der Waals surface area contributed by atoms with E-state index < -0.39 is 0 Å². The molecule has 196 valence electrons. The number of halogens is 2. The molecule has 1 aliphatic heterocycles. The summed E-state index contributed by atoms with van der Waals surface area (Å²) in [4.78, 5) is 31.8. The maximum absolute atomic E-state index is 13.3. The third-order valence-electron chi connectivity index (χ3n) is 6.76. The summed E-state index contributed by atoms with van der Waals surface area (Å²) in [7, 11) is 0. The second kappa shape index (κ2) is 11.5. The highest BCUT2D eigenvalue weighted by Crippen LogP contribution is 2.39. The number of esters is 1. The van der Waals surface area contributed by atoms with Gasteiger partial charge in [-0.1, -0.05) is 35.7 Å². The molecule has 37 heavy (non-hydrogen) atoms. The van der Waals surface area contributed by atoms with E-state index in [-0.39, 0.29) is 11.9 Å². The Balaban J connectivity index is 1.27. The lowest BCUT2D eigenvalue weighted by Crippen LogP contribution is -2.51. The van der Waals surface area contributed by atoms with Gasteiger partial charge in [0.05, 0.1) is 17.2 Å². The Morgan fingerprint density at radius 1 is 1.05 bits per heavy atom. The van der Waals surface area contributed by atoms with Crippen LogP contribution in [-0.4, -0.2) is 59.6 Å². The zero-order valence-electron chi connectivity index (χ0n) is 20.4. The fourth-order valence-corrected chi connectivity index (χ4v) is 8.24. The summed E-state index contributed by atoms with van der Waals surface area (Å²) in [6, 6.07) is 5.47. The van der Waals surface area contributed by atoms with E-state index in [9.17, 15) is 9.59 Å². The van der Waals surface area contributed by atoms with Gasteiger partial charge in [0, 0.05) is 46.2 Å². The van der Waals surface area contributed by atoms with Gasteiger partial charge < -0.3 is 19.9 Å². The molecule has 2 aromatic heterocycles. The van der Waals surface area contributed by atoms with Crippen LogP contribution in [0.3, 0.4) is 0 Å². The van der Waals surface area contributed by atoms with E-state index in [1.165, 1.54) is 22.6 Å². The first-order chi connectivity index (χ1) is 17.9. The second-order valence-corrected chi connectivity index (χ2v) is 12.4. The van der Waals surface area contributed by atoms with Crippen LogP contribution in [0.5, 0.6) is 0 Å². The molecule has 3 heterocycles. The van der Waals surface area contributed by atoms with E-state index in [1.54, 1.807) is 17.4 Å². The third kappa shape index (κ3) is 5.47. The van der Waals surface area contributed by atoms with Crippen LogP contribution >= 0.6 is 58.1 Å². The van der Waals surface area contributed by atoms with E-state index in [4.69, 9.17) is 40.2 Å². The van der Waals surface area contributed by atoms with Crippen LogP contribution in [0.4, 0.5) is 5.00 Å². The van der Waals surface area contributed by atoms with Crippen molar-refractivity contribution in [1.29, 1.82) is 0 Å². The molecule has 1 saturated heterocycles. The molecule has 1 amide bonds. The number of nitrogens with one attached hydrogen (secondary N) is 1. The quantitative estimate of drug-likeness (QED) is 0.202. The fourth-order valence-electron chi connectivity index (χ4n) is 4.86. The minimum absolute atomic E-state index is 0.0764. The average Bonchev–Trinajstić information content (AvgIpc) is 3.30. The summed E-state index contributed by atoms with van der Waals surface area (Å²) < 4.78 is 6.29. The number of nitrogens with zero attached hydrogens (tertiary/aromatic N) is 2. The summed E-state index contributed by atoms with van der Waals surface area (Å²) in [6.45, 7) is 4.38. The molecule has 1 aromatic carbocycles. The summed E-state index contributed by atoms with van der Waals surface area (Å²) >= 11 is 21.4. The molecule has 0 radical (unpaired) electrons. The minimum atomic E-state index is -0.288. The molecule has 1 aliphatic carbocycles. The maximum atomic E-state index is 13.3. The van der Waals surface area contributed by atoms with Gasteiger partial charge in [0.25, 0.3) is 5.91 Å². The van der Waals surface area contributed by atoms with Crippen molar-refractivity contribution < 1.29 is 14.3 Å². The molecule has 0 bridgehead atoms. The number of fused-ring (bicyclic) bond motifs is 2. The number of hydrogen-bond donors (Lipinski definition) is 1. The standard InChI is InChI=1S/C26H27Cl2N3O3S3/c1-2-34-25(33)20-16-6-4-3-5-7-18(16)37-23(20)29-26(35)31-12-10-30(11-13-31)24(32)22-21(28)17-9-8-15(27)14-19(17)36-22/h8-9,14H,2-7,10-13H2,1H3,(H,29,35). The number of piperazine rings is 1. The maximum Gasteiger partial charge on any atom is 0.341 e. The lowest BCUT2D eigenvalue weighted by Gasteiger charge is -2.36. The number of ether oxygens (including phenoxy) is 1. The van der Waals surface area contributed by atoms with Crippen LogP contribution in [-0.2, 0) is 17.6 Å². The Bertz CT molecular complexity index is 1360. The molecular formula is C26H27Cl2N3O3S3. The van der Waals surface area contributed by atoms with Gasteiger partial charge in [-0.05, 0) is 62.5 Å².